The van der Waals surface area contributed by atoms with E-state index in [0.717, 1.165) is 86.0 Å². The van der Waals surface area contributed by atoms with E-state index in [9.17, 15) is 21.0 Å². The normalized spacial score (nSPS) is 10.5. The quantitative estimate of drug-likeness (QED) is 0.151. The van der Waals surface area contributed by atoms with Gasteiger partial charge in [0, 0.05) is 0 Å². The average molecular weight is 691 g/mol. The Hall–Kier alpha value is -7.50. The van der Waals surface area contributed by atoms with Gasteiger partial charge in [0.15, 0.2) is 0 Å². The number of hydrogen-bond donors (Lipinski definition) is 0. The van der Waals surface area contributed by atoms with Gasteiger partial charge in [-0.3, -0.25) is 0 Å². The summed E-state index contributed by atoms with van der Waals surface area (Å²) >= 11 is 0. The van der Waals surface area contributed by atoms with Crippen molar-refractivity contribution in [2.75, 3.05) is 0 Å². The molecule has 0 aromatic heterocycles. The smallest absolute Gasteiger partial charge is 0.0991 e. The second-order valence-corrected chi connectivity index (χ2v) is 13.4. The van der Waals surface area contributed by atoms with Gasteiger partial charge in [-0.1, -0.05) is 74.0 Å². The van der Waals surface area contributed by atoms with Gasteiger partial charge in [0.25, 0.3) is 0 Å². The molecule has 0 aliphatic rings. The molecule has 0 saturated heterocycles. The van der Waals surface area contributed by atoms with Gasteiger partial charge in [-0.2, -0.15) is 21.0 Å². The Morgan fingerprint density at radius 3 is 0.759 bits per heavy atom. The highest BCUT2D eigenvalue weighted by Gasteiger charge is 2.14. The molecule has 0 fully saturated rings. The van der Waals surface area contributed by atoms with Gasteiger partial charge < -0.3 is 0 Å². The molecule has 0 N–H and O–H groups in total. The third kappa shape index (κ3) is 7.71. The summed E-state index contributed by atoms with van der Waals surface area (Å²) in [6.45, 7) is 2.21. The second kappa shape index (κ2) is 15.8. The SMILES string of the molecule is CCCCc1cc(-c2cc(-c3ccc(C#N)cc3)cc(-c3ccc(C#N)cc3)c2)cc(-c2cc(-c3ccc(C#N)cc3)cc(-c3ccc(C#N)cc3)c2)c1. The fraction of sp³-hybridized carbons (Fsp3) is 0.0800. The standard InChI is InChI=1S/C50H34N4/c1-2-3-4-38-21-43(49-26-45(39-13-5-34(30-51)6-14-39)24-46(27-49)40-15-7-35(31-52)8-16-40)23-44(22-38)50-28-47(41-17-9-36(32-53)10-18-41)25-48(29-50)42-19-11-37(33-54)12-20-42/h5-29H,2-4H2,1H3. The van der Waals surface area contributed by atoms with Crippen LogP contribution < -0.4 is 0 Å². The molecule has 4 heteroatoms. The molecular formula is C50H34N4. The van der Waals surface area contributed by atoms with Crippen molar-refractivity contribution < 1.29 is 0 Å². The number of hydrogen-bond acceptors (Lipinski definition) is 4. The van der Waals surface area contributed by atoms with E-state index in [1.54, 1.807) is 0 Å². The van der Waals surface area contributed by atoms with Crippen molar-refractivity contribution in [3.63, 3.8) is 0 Å². The number of aryl methyl sites for hydroxylation is 1. The predicted molar refractivity (Wildman–Crippen MR) is 217 cm³/mol. The molecule has 7 aromatic rings. The van der Waals surface area contributed by atoms with Crippen molar-refractivity contribution >= 4 is 0 Å². The van der Waals surface area contributed by atoms with Crippen LogP contribution in [0.4, 0.5) is 0 Å². The molecule has 0 aliphatic carbocycles. The molecule has 7 rings (SSSR count). The number of unbranched alkanes of at least 4 members (excludes halogenated alkanes) is 1. The minimum atomic E-state index is 0.610. The van der Waals surface area contributed by atoms with Crippen LogP contribution in [0, 0.1) is 45.3 Å². The molecule has 0 amide bonds. The summed E-state index contributed by atoms with van der Waals surface area (Å²) in [5.74, 6) is 0. The maximum Gasteiger partial charge on any atom is 0.0991 e. The molecule has 4 nitrogen and oxygen atoms in total. The molecule has 0 radical (unpaired) electrons. The first kappa shape index (κ1) is 34.9. The molecule has 0 unspecified atom stereocenters. The van der Waals surface area contributed by atoms with E-state index in [1.165, 1.54) is 5.56 Å². The van der Waals surface area contributed by atoms with E-state index in [-0.39, 0.29) is 0 Å². The average Bonchev–Trinajstić information content (AvgIpc) is 3.25. The number of nitrogens with zero attached hydrogens (tertiary/aromatic N) is 4. The Bertz CT molecular complexity index is 2310. The van der Waals surface area contributed by atoms with Crippen LogP contribution in [-0.4, -0.2) is 0 Å². The minimum absolute atomic E-state index is 0.610. The van der Waals surface area contributed by atoms with Gasteiger partial charge in [-0.15, -0.1) is 0 Å². The first-order valence-corrected chi connectivity index (χ1v) is 17.9. The number of benzene rings is 7. The number of nitriles is 4. The predicted octanol–water partition coefficient (Wildman–Crippen LogP) is 12.5. The van der Waals surface area contributed by atoms with Crippen molar-refractivity contribution in [1.82, 2.24) is 0 Å². The van der Waals surface area contributed by atoms with Crippen LogP contribution >= 0.6 is 0 Å². The first-order valence-electron chi connectivity index (χ1n) is 17.9. The van der Waals surface area contributed by atoms with Crippen LogP contribution in [0.5, 0.6) is 0 Å². The third-order valence-corrected chi connectivity index (χ3v) is 9.73. The second-order valence-electron chi connectivity index (χ2n) is 13.4. The molecular weight excluding hydrogens is 657 g/mol. The zero-order valence-electron chi connectivity index (χ0n) is 29.8. The van der Waals surface area contributed by atoms with Crippen molar-refractivity contribution in [2.24, 2.45) is 0 Å². The van der Waals surface area contributed by atoms with Gasteiger partial charge in [-0.05, 0) is 176 Å². The Labute approximate surface area is 316 Å². The summed E-state index contributed by atoms with van der Waals surface area (Å²) in [6, 6.07) is 59.6. The zero-order chi connectivity index (χ0) is 37.4. The maximum absolute atomic E-state index is 9.45. The minimum Gasteiger partial charge on any atom is -0.192 e. The van der Waals surface area contributed by atoms with Crippen LogP contribution in [0.2, 0.25) is 0 Å². The van der Waals surface area contributed by atoms with Crippen LogP contribution in [0.15, 0.2) is 152 Å². The highest BCUT2D eigenvalue weighted by atomic mass is 14.3. The Kier molecular flexibility index (Phi) is 10.2. The molecule has 7 aromatic carbocycles. The van der Waals surface area contributed by atoms with E-state index in [4.69, 9.17) is 0 Å². The molecule has 0 atom stereocenters. The summed E-state index contributed by atoms with van der Waals surface area (Å²) in [5.41, 5.74) is 16.2. The lowest BCUT2D eigenvalue weighted by atomic mass is 9.88. The molecule has 0 aliphatic heterocycles. The lowest BCUT2D eigenvalue weighted by molar-refractivity contribution is 0.795. The van der Waals surface area contributed by atoms with Gasteiger partial charge in [0.2, 0.25) is 0 Å². The van der Waals surface area contributed by atoms with E-state index in [0.29, 0.717) is 22.3 Å². The van der Waals surface area contributed by atoms with Gasteiger partial charge >= 0.3 is 0 Å². The summed E-state index contributed by atoms with van der Waals surface area (Å²) in [7, 11) is 0. The van der Waals surface area contributed by atoms with Crippen molar-refractivity contribution in [3.05, 3.63) is 179 Å². The summed E-state index contributed by atoms with van der Waals surface area (Å²) < 4.78 is 0. The van der Waals surface area contributed by atoms with Crippen molar-refractivity contribution in [1.29, 1.82) is 21.0 Å². The monoisotopic (exact) mass is 690 g/mol. The highest BCUT2D eigenvalue weighted by molar-refractivity contribution is 5.86. The van der Waals surface area contributed by atoms with Crippen LogP contribution in [0.1, 0.15) is 47.6 Å². The van der Waals surface area contributed by atoms with Crippen molar-refractivity contribution in [2.45, 2.75) is 26.2 Å². The molecule has 0 spiro atoms. The molecule has 54 heavy (non-hydrogen) atoms. The fourth-order valence-corrected chi connectivity index (χ4v) is 6.75. The van der Waals surface area contributed by atoms with Crippen LogP contribution in [-0.2, 0) is 6.42 Å². The van der Waals surface area contributed by atoms with E-state index in [2.05, 4.69) is 85.8 Å². The molecule has 254 valence electrons. The molecule has 0 heterocycles. The third-order valence-electron chi connectivity index (χ3n) is 9.73. The van der Waals surface area contributed by atoms with E-state index >= 15 is 0 Å². The van der Waals surface area contributed by atoms with Gasteiger partial charge in [0.05, 0.1) is 46.5 Å². The van der Waals surface area contributed by atoms with Gasteiger partial charge in [-0.25, -0.2) is 0 Å². The van der Waals surface area contributed by atoms with E-state index < -0.39 is 0 Å². The number of rotatable bonds is 9. The Morgan fingerprint density at radius 2 is 0.537 bits per heavy atom. The van der Waals surface area contributed by atoms with Gasteiger partial charge in [0.1, 0.15) is 0 Å². The lowest BCUT2D eigenvalue weighted by Crippen LogP contribution is -1.92. The molecule has 0 saturated carbocycles. The largest absolute Gasteiger partial charge is 0.192 e. The van der Waals surface area contributed by atoms with Crippen LogP contribution in [0.25, 0.3) is 66.8 Å². The van der Waals surface area contributed by atoms with Crippen LogP contribution in [0.3, 0.4) is 0 Å². The highest BCUT2D eigenvalue weighted by Crippen LogP contribution is 2.38. The Morgan fingerprint density at radius 1 is 0.315 bits per heavy atom. The maximum atomic E-state index is 9.45. The van der Waals surface area contributed by atoms with E-state index in [1.807, 2.05) is 97.1 Å². The zero-order valence-corrected chi connectivity index (χ0v) is 29.8. The summed E-state index contributed by atoms with van der Waals surface area (Å²) in [4.78, 5) is 0. The van der Waals surface area contributed by atoms with Crippen molar-refractivity contribution in [3.8, 4) is 91.0 Å². The summed E-state index contributed by atoms with van der Waals surface area (Å²) in [6.07, 6.45) is 3.08. The summed E-state index contributed by atoms with van der Waals surface area (Å²) in [5, 5.41) is 37.8. The first-order chi connectivity index (χ1) is 26.5. The lowest BCUT2D eigenvalue weighted by Gasteiger charge is -2.16. The fourth-order valence-electron chi connectivity index (χ4n) is 6.75. The Balaban J connectivity index is 1.42. The topological polar surface area (TPSA) is 95.2 Å². The molecule has 0 bridgehead atoms.